The van der Waals surface area contributed by atoms with Gasteiger partial charge < -0.3 is 10.6 Å². The second kappa shape index (κ2) is 7.74. The van der Waals surface area contributed by atoms with E-state index in [2.05, 4.69) is 20.6 Å². The van der Waals surface area contributed by atoms with Crippen molar-refractivity contribution in [2.24, 2.45) is 0 Å². The number of nitrogens with one attached hydrogen (secondary N) is 2. The van der Waals surface area contributed by atoms with Gasteiger partial charge in [0.1, 0.15) is 11.5 Å². The van der Waals surface area contributed by atoms with Gasteiger partial charge in [0.15, 0.2) is 0 Å². The molecule has 2 aromatic carbocycles. The van der Waals surface area contributed by atoms with E-state index in [9.17, 15) is 9.18 Å². The molecule has 3 rings (SSSR count). The normalized spacial score (nSPS) is 10.4. The van der Waals surface area contributed by atoms with Gasteiger partial charge in [-0.1, -0.05) is 18.2 Å². The zero-order valence-corrected chi connectivity index (χ0v) is 14.6. The number of benzene rings is 2. The predicted molar refractivity (Wildman–Crippen MR) is 99.6 cm³/mol. The van der Waals surface area contributed by atoms with Crippen LogP contribution >= 0.6 is 0 Å². The quantitative estimate of drug-likeness (QED) is 0.727. The van der Waals surface area contributed by atoms with Gasteiger partial charge in [-0.25, -0.2) is 14.4 Å². The molecule has 0 radical (unpaired) electrons. The van der Waals surface area contributed by atoms with E-state index in [0.717, 1.165) is 22.4 Å². The van der Waals surface area contributed by atoms with Gasteiger partial charge in [0.25, 0.3) is 5.91 Å². The third-order valence-electron chi connectivity index (χ3n) is 3.73. The average molecular weight is 350 g/mol. The number of nitrogens with zero attached hydrogens (tertiary/aromatic N) is 2. The van der Waals surface area contributed by atoms with Crippen molar-refractivity contribution in [3.8, 4) is 0 Å². The lowest BCUT2D eigenvalue weighted by molar-refractivity contribution is 0.102. The molecule has 0 bridgehead atoms. The first kappa shape index (κ1) is 17.5. The molecule has 26 heavy (non-hydrogen) atoms. The zero-order chi connectivity index (χ0) is 18.5. The van der Waals surface area contributed by atoms with Crippen LogP contribution < -0.4 is 10.6 Å². The number of halogens is 1. The number of amides is 1. The third kappa shape index (κ3) is 4.63. The van der Waals surface area contributed by atoms with Crippen molar-refractivity contribution in [3.05, 3.63) is 82.9 Å². The minimum Gasteiger partial charge on any atom is -0.350 e. The van der Waals surface area contributed by atoms with Crippen molar-refractivity contribution in [2.75, 3.05) is 10.6 Å². The molecule has 1 amide bonds. The number of hydrogen-bond acceptors (Lipinski definition) is 4. The van der Waals surface area contributed by atoms with Crippen molar-refractivity contribution in [2.45, 2.75) is 20.4 Å². The molecule has 0 saturated heterocycles. The van der Waals surface area contributed by atoms with Crippen LogP contribution in [0.2, 0.25) is 0 Å². The van der Waals surface area contributed by atoms with Crippen LogP contribution in [0.5, 0.6) is 0 Å². The predicted octanol–water partition coefficient (Wildman–Crippen LogP) is 4.10. The van der Waals surface area contributed by atoms with Crippen LogP contribution in [-0.2, 0) is 6.54 Å². The Kier molecular flexibility index (Phi) is 5.22. The average Bonchev–Trinajstić information content (AvgIpc) is 2.60. The van der Waals surface area contributed by atoms with Gasteiger partial charge in [0, 0.05) is 18.4 Å². The molecule has 1 heterocycles. The third-order valence-corrected chi connectivity index (χ3v) is 3.73. The van der Waals surface area contributed by atoms with E-state index in [1.54, 1.807) is 18.2 Å². The summed E-state index contributed by atoms with van der Waals surface area (Å²) in [5.74, 6) is -0.250. The second-order valence-electron chi connectivity index (χ2n) is 6.08. The standard InChI is InChI=1S/C20H19FN4O/c1-13-9-14(2)11-17(10-13)24-19(26)18-7-8-22-20(25-18)23-12-15-3-5-16(21)6-4-15/h3-11H,12H2,1-2H3,(H,24,26)(H,22,23,25). The number of aromatic nitrogens is 2. The van der Waals surface area contributed by atoms with E-state index in [1.165, 1.54) is 18.3 Å². The fourth-order valence-electron chi connectivity index (χ4n) is 2.60. The second-order valence-corrected chi connectivity index (χ2v) is 6.08. The smallest absolute Gasteiger partial charge is 0.274 e. The van der Waals surface area contributed by atoms with Crippen LogP contribution in [0.15, 0.2) is 54.7 Å². The Bertz CT molecular complexity index is 905. The molecule has 1 aromatic heterocycles. The summed E-state index contributed by atoms with van der Waals surface area (Å²) in [5.41, 5.74) is 4.03. The Balaban J connectivity index is 1.67. The van der Waals surface area contributed by atoms with Crippen LogP contribution in [0, 0.1) is 19.7 Å². The molecular formula is C20H19FN4O. The summed E-state index contributed by atoms with van der Waals surface area (Å²) in [6, 6.07) is 13.5. The number of carbonyl (C=O) groups is 1. The van der Waals surface area contributed by atoms with Gasteiger partial charge in [0.05, 0.1) is 0 Å². The molecule has 2 N–H and O–H groups in total. The SMILES string of the molecule is Cc1cc(C)cc(NC(=O)c2ccnc(NCc3ccc(F)cc3)n2)c1. The molecule has 132 valence electrons. The van der Waals surface area contributed by atoms with Crippen molar-refractivity contribution in [1.82, 2.24) is 9.97 Å². The Morgan fingerprint density at radius 2 is 1.73 bits per heavy atom. The lowest BCUT2D eigenvalue weighted by atomic mass is 10.1. The summed E-state index contributed by atoms with van der Waals surface area (Å²) in [7, 11) is 0. The first-order valence-electron chi connectivity index (χ1n) is 8.20. The van der Waals surface area contributed by atoms with E-state index in [0.29, 0.717) is 12.5 Å². The Morgan fingerprint density at radius 1 is 1.04 bits per heavy atom. The highest BCUT2D eigenvalue weighted by atomic mass is 19.1. The summed E-state index contributed by atoms with van der Waals surface area (Å²) in [4.78, 5) is 20.8. The molecule has 5 nitrogen and oxygen atoms in total. The summed E-state index contributed by atoms with van der Waals surface area (Å²) >= 11 is 0. The van der Waals surface area contributed by atoms with Crippen LogP contribution in [0.25, 0.3) is 0 Å². The largest absolute Gasteiger partial charge is 0.350 e. The molecule has 0 fully saturated rings. The molecular weight excluding hydrogens is 331 g/mol. The van der Waals surface area contributed by atoms with Crippen LogP contribution in [0.3, 0.4) is 0 Å². The molecule has 3 aromatic rings. The van der Waals surface area contributed by atoms with Gasteiger partial charge >= 0.3 is 0 Å². The number of hydrogen-bond donors (Lipinski definition) is 2. The van der Waals surface area contributed by atoms with Crippen LogP contribution in [-0.4, -0.2) is 15.9 Å². The maximum Gasteiger partial charge on any atom is 0.274 e. The highest BCUT2D eigenvalue weighted by Crippen LogP contribution is 2.15. The number of carbonyl (C=O) groups excluding carboxylic acids is 1. The topological polar surface area (TPSA) is 66.9 Å². The molecule has 0 spiro atoms. The van der Waals surface area contributed by atoms with Gasteiger partial charge in [0.2, 0.25) is 5.95 Å². The minimum absolute atomic E-state index is 0.265. The molecule has 0 unspecified atom stereocenters. The fourth-order valence-corrected chi connectivity index (χ4v) is 2.60. The van der Waals surface area contributed by atoms with Gasteiger partial charge in [-0.15, -0.1) is 0 Å². The number of rotatable bonds is 5. The van der Waals surface area contributed by atoms with Crippen molar-refractivity contribution in [1.29, 1.82) is 0 Å². The molecule has 6 heteroatoms. The molecule has 0 atom stereocenters. The van der Waals surface area contributed by atoms with E-state index in [4.69, 9.17) is 0 Å². The summed E-state index contributed by atoms with van der Waals surface area (Å²) in [6.45, 7) is 4.39. The van der Waals surface area contributed by atoms with Crippen LogP contribution in [0.1, 0.15) is 27.2 Å². The van der Waals surface area contributed by atoms with Gasteiger partial charge in [-0.2, -0.15) is 0 Å². The minimum atomic E-state index is -0.303. The molecule has 0 aliphatic carbocycles. The Hall–Kier alpha value is -3.28. The first-order valence-corrected chi connectivity index (χ1v) is 8.20. The van der Waals surface area contributed by atoms with Crippen molar-refractivity contribution >= 4 is 17.5 Å². The van der Waals surface area contributed by atoms with E-state index >= 15 is 0 Å². The molecule has 0 aliphatic heterocycles. The fraction of sp³-hybridized carbons (Fsp3) is 0.150. The van der Waals surface area contributed by atoms with Crippen molar-refractivity contribution < 1.29 is 9.18 Å². The van der Waals surface area contributed by atoms with Crippen LogP contribution in [0.4, 0.5) is 16.0 Å². The lowest BCUT2D eigenvalue weighted by Crippen LogP contribution is -2.15. The van der Waals surface area contributed by atoms with E-state index < -0.39 is 0 Å². The summed E-state index contributed by atoms with van der Waals surface area (Å²) in [5, 5.41) is 5.88. The monoisotopic (exact) mass is 350 g/mol. The van der Waals surface area contributed by atoms with Crippen molar-refractivity contribution in [3.63, 3.8) is 0 Å². The lowest BCUT2D eigenvalue weighted by Gasteiger charge is -2.09. The number of anilines is 2. The molecule has 0 saturated carbocycles. The maximum absolute atomic E-state index is 12.9. The van der Waals surface area contributed by atoms with Gasteiger partial charge in [-0.3, -0.25) is 4.79 Å². The zero-order valence-electron chi connectivity index (χ0n) is 14.6. The summed E-state index contributed by atoms with van der Waals surface area (Å²) in [6.07, 6.45) is 1.52. The number of aryl methyl sites for hydroxylation is 2. The highest BCUT2D eigenvalue weighted by Gasteiger charge is 2.10. The Morgan fingerprint density at radius 3 is 2.42 bits per heavy atom. The van der Waals surface area contributed by atoms with Gasteiger partial charge in [-0.05, 0) is 60.9 Å². The summed E-state index contributed by atoms with van der Waals surface area (Å²) < 4.78 is 12.9. The maximum atomic E-state index is 12.9. The van der Waals surface area contributed by atoms with E-state index in [1.807, 2.05) is 32.0 Å². The first-order chi connectivity index (χ1) is 12.5. The highest BCUT2D eigenvalue weighted by molar-refractivity contribution is 6.03. The molecule has 0 aliphatic rings. The van der Waals surface area contributed by atoms with E-state index in [-0.39, 0.29) is 17.4 Å². The Labute approximate surface area is 151 Å².